The summed E-state index contributed by atoms with van der Waals surface area (Å²) in [5.41, 5.74) is 2.78. The largest absolute Gasteiger partial charge is 0.489 e. The van der Waals surface area contributed by atoms with Crippen molar-refractivity contribution in [3.63, 3.8) is 0 Å². The van der Waals surface area contributed by atoms with Crippen molar-refractivity contribution in [2.75, 3.05) is 0 Å². The molecule has 110 valence electrons. The first kappa shape index (κ1) is 14.0. The Balaban J connectivity index is 2.08. The fraction of sp³-hybridized carbons (Fsp3) is 0. The Bertz CT molecular complexity index is 1000. The summed E-state index contributed by atoms with van der Waals surface area (Å²) in [6.45, 7) is 0. The van der Waals surface area contributed by atoms with E-state index in [2.05, 4.69) is 30.3 Å². The molecule has 0 aliphatic rings. The van der Waals surface area contributed by atoms with Crippen molar-refractivity contribution in [2.45, 2.75) is 0 Å². The maximum absolute atomic E-state index is 9.61. The molecule has 0 saturated heterocycles. The molecule has 0 radical (unpaired) electrons. The summed E-state index contributed by atoms with van der Waals surface area (Å²) in [4.78, 5) is 0. The molecule has 0 saturated carbocycles. The summed E-state index contributed by atoms with van der Waals surface area (Å²) in [5, 5.41) is 23.5. The van der Waals surface area contributed by atoms with Crippen LogP contribution in [0.2, 0.25) is 0 Å². The van der Waals surface area contributed by atoms with E-state index in [1.54, 1.807) is 6.07 Å². The third-order valence-electron chi connectivity index (χ3n) is 4.32. The summed E-state index contributed by atoms with van der Waals surface area (Å²) in [6, 6.07) is 26.2. The van der Waals surface area contributed by atoms with Crippen LogP contribution in [0.15, 0.2) is 78.9 Å². The molecular formula is C20H15BO2. The molecule has 0 aromatic heterocycles. The molecule has 3 heteroatoms. The van der Waals surface area contributed by atoms with Gasteiger partial charge in [-0.15, -0.1) is 0 Å². The molecule has 23 heavy (non-hydrogen) atoms. The van der Waals surface area contributed by atoms with Crippen LogP contribution in [0, 0.1) is 0 Å². The van der Waals surface area contributed by atoms with Gasteiger partial charge in [0.1, 0.15) is 0 Å². The van der Waals surface area contributed by atoms with E-state index in [-0.39, 0.29) is 0 Å². The van der Waals surface area contributed by atoms with Crippen molar-refractivity contribution < 1.29 is 10.0 Å². The molecule has 0 unspecified atom stereocenters. The fourth-order valence-electron chi connectivity index (χ4n) is 3.24. The smallest absolute Gasteiger partial charge is 0.423 e. The molecule has 0 heterocycles. The van der Waals surface area contributed by atoms with E-state index in [4.69, 9.17) is 0 Å². The normalized spacial score (nSPS) is 11.0. The van der Waals surface area contributed by atoms with Crippen molar-refractivity contribution in [3.05, 3.63) is 78.9 Å². The maximum Gasteiger partial charge on any atom is 0.489 e. The Kier molecular flexibility index (Phi) is 3.38. The Morgan fingerprint density at radius 1 is 0.522 bits per heavy atom. The zero-order valence-electron chi connectivity index (χ0n) is 12.5. The van der Waals surface area contributed by atoms with Crippen LogP contribution in [0.1, 0.15) is 0 Å². The molecule has 4 aromatic rings. The van der Waals surface area contributed by atoms with Crippen molar-refractivity contribution in [2.24, 2.45) is 0 Å². The second-order valence-electron chi connectivity index (χ2n) is 5.65. The zero-order chi connectivity index (χ0) is 15.8. The quantitative estimate of drug-likeness (QED) is 0.557. The second-order valence-corrected chi connectivity index (χ2v) is 5.65. The van der Waals surface area contributed by atoms with Crippen LogP contribution >= 0.6 is 0 Å². The van der Waals surface area contributed by atoms with Crippen molar-refractivity contribution >= 4 is 34.1 Å². The number of rotatable bonds is 2. The van der Waals surface area contributed by atoms with Crippen molar-refractivity contribution in [1.82, 2.24) is 0 Å². The number of benzene rings is 4. The minimum absolute atomic E-state index is 0.532. The third-order valence-corrected chi connectivity index (χ3v) is 4.32. The van der Waals surface area contributed by atoms with Crippen molar-refractivity contribution in [1.29, 1.82) is 0 Å². The molecule has 0 aliphatic heterocycles. The highest BCUT2D eigenvalue weighted by molar-refractivity contribution is 6.62. The van der Waals surface area contributed by atoms with Gasteiger partial charge in [0.25, 0.3) is 0 Å². The number of hydrogen-bond acceptors (Lipinski definition) is 2. The predicted molar refractivity (Wildman–Crippen MR) is 96.7 cm³/mol. The van der Waals surface area contributed by atoms with Crippen LogP contribution in [-0.2, 0) is 0 Å². The van der Waals surface area contributed by atoms with Crippen LogP contribution < -0.4 is 5.46 Å². The van der Waals surface area contributed by atoms with E-state index in [1.165, 1.54) is 10.8 Å². The van der Waals surface area contributed by atoms with Gasteiger partial charge in [-0.2, -0.15) is 0 Å². The number of fused-ring (bicyclic) bond motifs is 2. The first-order valence-corrected chi connectivity index (χ1v) is 7.61. The second kappa shape index (κ2) is 5.54. The maximum atomic E-state index is 9.61. The molecule has 0 atom stereocenters. The van der Waals surface area contributed by atoms with Crippen LogP contribution in [0.25, 0.3) is 32.7 Å². The van der Waals surface area contributed by atoms with E-state index < -0.39 is 7.12 Å². The summed E-state index contributed by atoms with van der Waals surface area (Å²) in [7, 11) is -1.47. The Labute approximate surface area is 134 Å². The molecule has 2 N–H and O–H groups in total. The van der Waals surface area contributed by atoms with Gasteiger partial charge in [-0.3, -0.25) is 0 Å². The minimum atomic E-state index is -1.47. The van der Waals surface area contributed by atoms with E-state index >= 15 is 0 Å². The van der Waals surface area contributed by atoms with Gasteiger partial charge in [0.2, 0.25) is 0 Å². The van der Waals surface area contributed by atoms with Gasteiger partial charge in [0, 0.05) is 0 Å². The van der Waals surface area contributed by atoms with Gasteiger partial charge in [-0.25, -0.2) is 0 Å². The average Bonchev–Trinajstić information content (AvgIpc) is 2.60. The highest BCUT2D eigenvalue weighted by Gasteiger charge is 2.17. The summed E-state index contributed by atoms with van der Waals surface area (Å²) < 4.78 is 0. The van der Waals surface area contributed by atoms with Crippen LogP contribution in [0.4, 0.5) is 0 Å². The van der Waals surface area contributed by atoms with E-state index in [0.29, 0.717) is 5.46 Å². The fourth-order valence-corrected chi connectivity index (χ4v) is 3.24. The van der Waals surface area contributed by atoms with Gasteiger partial charge in [0.05, 0.1) is 0 Å². The van der Waals surface area contributed by atoms with Crippen molar-refractivity contribution in [3.8, 4) is 11.1 Å². The molecule has 2 nitrogen and oxygen atoms in total. The lowest BCUT2D eigenvalue weighted by molar-refractivity contribution is 0.426. The van der Waals surface area contributed by atoms with Gasteiger partial charge in [-0.1, -0.05) is 78.9 Å². The molecule has 0 spiro atoms. The summed E-state index contributed by atoms with van der Waals surface area (Å²) in [6.07, 6.45) is 0. The lowest BCUT2D eigenvalue weighted by Crippen LogP contribution is -2.30. The molecule has 4 aromatic carbocycles. The summed E-state index contributed by atoms with van der Waals surface area (Å²) in [5.74, 6) is 0. The first-order chi connectivity index (χ1) is 11.3. The topological polar surface area (TPSA) is 40.5 Å². The van der Waals surface area contributed by atoms with E-state index in [0.717, 1.165) is 21.9 Å². The minimum Gasteiger partial charge on any atom is -0.423 e. The lowest BCUT2D eigenvalue weighted by atomic mass is 9.76. The van der Waals surface area contributed by atoms with Crippen LogP contribution in [0.5, 0.6) is 0 Å². The van der Waals surface area contributed by atoms with E-state index in [1.807, 2.05) is 42.5 Å². The van der Waals surface area contributed by atoms with E-state index in [9.17, 15) is 10.0 Å². The highest BCUT2D eigenvalue weighted by atomic mass is 16.4. The Morgan fingerprint density at radius 3 is 1.91 bits per heavy atom. The van der Waals surface area contributed by atoms with Gasteiger partial charge in [-0.05, 0) is 38.1 Å². The van der Waals surface area contributed by atoms with Gasteiger partial charge >= 0.3 is 7.12 Å². The molecular weight excluding hydrogens is 283 g/mol. The molecule has 0 aliphatic carbocycles. The highest BCUT2D eigenvalue weighted by Crippen LogP contribution is 2.33. The monoisotopic (exact) mass is 298 g/mol. The Morgan fingerprint density at radius 2 is 1.13 bits per heavy atom. The van der Waals surface area contributed by atoms with Crippen LogP contribution in [0.3, 0.4) is 0 Å². The standard InChI is InChI=1S/C20H15BO2/c22-21(23)20-13-12-18(17-9-3-4-10-19(17)20)16-11-5-7-14-6-1-2-8-15(14)16/h1-13,22-23H. The molecule has 4 rings (SSSR count). The predicted octanol–water partition coefficient (Wildman–Crippen LogP) is 3.34. The van der Waals surface area contributed by atoms with Gasteiger partial charge < -0.3 is 10.0 Å². The lowest BCUT2D eigenvalue weighted by Gasteiger charge is -2.13. The molecule has 0 amide bonds. The van der Waals surface area contributed by atoms with Gasteiger partial charge in [0.15, 0.2) is 0 Å². The average molecular weight is 298 g/mol. The number of hydrogen-bond donors (Lipinski definition) is 2. The van der Waals surface area contributed by atoms with Crippen LogP contribution in [-0.4, -0.2) is 17.2 Å². The SMILES string of the molecule is OB(O)c1ccc(-c2cccc3ccccc23)c2ccccc12. The molecule has 0 fully saturated rings. The first-order valence-electron chi connectivity index (χ1n) is 7.61. The molecule has 0 bridgehead atoms. The Hall–Kier alpha value is -2.62. The zero-order valence-corrected chi connectivity index (χ0v) is 12.5. The third kappa shape index (κ3) is 2.31. The summed E-state index contributed by atoms with van der Waals surface area (Å²) >= 11 is 0.